The van der Waals surface area contributed by atoms with Gasteiger partial charge in [-0.15, -0.1) is 0 Å². The fourth-order valence-electron chi connectivity index (χ4n) is 2.53. The topological polar surface area (TPSA) is 58.6 Å². The fourth-order valence-corrected chi connectivity index (χ4v) is 2.53. The van der Waals surface area contributed by atoms with Crippen LogP contribution in [0.1, 0.15) is 12.0 Å². The molecule has 0 bridgehead atoms. The van der Waals surface area contributed by atoms with Gasteiger partial charge >= 0.3 is 6.09 Å². The predicted octanol–water partition coefficient (Wildman–Crippen LogP) is 3.35. The number of carbonyl (C=O) groups is 2. The average Bonchev–Trinajstić information content (AvgIpc) is 3.01. The standard InChI is InChI=1S/C18H17FN2O3/c19-16-4-2-1-3-13(16)5-10-17(22)20-14-6-8-15(9-7-14)21-11-12-24-18(21)23/h1-4,6-9H,5,10-12H2,(H,20,22). The molecule has 0 aliphatic carbocycles. The van der Waals surface area contributed by atoms with Crippen molar-refractivity contribution < 1.29 is 18.7 Å². The second-order valence-electron chi connectivity index (χ2n) is 5.45. The minimum absolute atomic E-state index is 0.188. The first-order chi connectivity index (χ1) is 11.6. The molecule has 3 rings (SSSR count). The zero-order valence-corrected chi connectivity index (χ0v) is 13.0. The molecule has 1 aliphatic heterocycles. The summed E-state index contributed by atoms with van der Waals surface area (Å²) in [5.41, 5.74) is 1.88. The van der Waals surface area contributed by atoms with Crippen LogP contribution in [0.15, 0.2) is 48.5 Å². The van der Waals surface area contributed by atoms with E-state index in [9.17, 15) is 14.0 Å². The van der Waals surface area contributed by atoms with Crippen molar-refractivity contribution in [3.8, 4) is 0 Å². The largest absolute Gasteiger partial charge is 0.447 e. The Balaban J connectivity index is 1.55. The highest BCUT2D eigenvalue weighted by Crippen LogP contribution is 2.21. The number of aryl methyl sites for hydroxylation is 1. The Morgan fingerprint density at radius 2 is 1.92 bits per heavy atom. The number of cyclic esters (lactones) is 1. The Labute approximate surface area is 139 Å². The second kappa shape index (κ2) is 7.12. The molecule has 1 N–H and O–H groups in total. The zero-order valence-electron chi connectivity index (χ0n) is 13.0. The Bertz CT molecular complexity index is 746. The zero-order chi connectivity index (χ0) is 16.9. The maximum Gasteiger partial charge on any atom is 0.414 e. The van der Waals surface area contributed by atoms with E-state index in [4.69, 9.17) is 4.74 Å². The number of nitrogens with zero attached hydrogens (tertiary/aromatic N) is 1. The number of anilines is 2. The number of hydrogen-bond acceptors (Lipinski definition) is 3. The first-order valence-electron chi connectivity index (χ1n) is 7.71. The van der Waals surface area contributed by atoms with Crippen molar-refractivity contribution in [2.45, 2.75) is 12.8 Å². The number of carbonyl (C=O) groups excluding carboxylic acids is 2. The van der Waals surface area contributed by atoms with Crippen LogP contribution in [0, 0.1) is 5.82 Å². The summed E-state index contributed by atoms with van der Waals surface area (Å²) in [6.07, 6.45) is 0.175. The minimum Gasteiger partial charge on any atom is -0.447 e. The Hall–Kier alpha value is -2.89. The Kier molecular flexibility index (Phi) is 4.74. The Morgan fingerprint density at radius 1 is 1.17 bits per heavy atom. The molecule has 0 unspecified atom stereocenters. The number of hydrogen-bond donors (Lipinski definition) is 1. The maximum absolute atomic E-state index is 13.5. The summed E-state index contributed by atoms with van der Waals surface area (Å²) in [6, 6.07) is 13.4. The molecule has 2 aromatic rings. The lowest BCUT2D eigenvalue weighted by molar-refractivity contribution is -0.116. The predicted molar refractivity (Wildman–Crippen MR) is 88.5 cm³/mol. The molecule has 1 aliphatic rings. The number of ether oxygens (including phenoxy) is 1. The number of benzene rings is 2. The van der Waals surface area contributed by atoms with Gasteiger partial charge in [-0.1, -0.05) is 18.2 Å². The molecule has 1 heterocycles. The summed E-state index contributed by atoms with van der Waals surface area (Å²) in [5.74, 6) is -0.487. The van der Waals surface area contributed by atoms with E-state index in [-0.39, 0.29) is 24.2 Å². The van der Waals surface area contributed by atoms with Gasteiger partial charge in [0, 0.05) is 17.8 Å². The summed E-state index contributed by atoms with van der Waals surface area (Å²) in [7, 11) is 0. The van der Waals surface area contributed by atoms with E-state index in [0.717, 1.165) is 5.69 Å². The molecule has 124 valence electrons. The summed E-state index contributed by atoms with van der Waals surface area (Å²) >= 11 is 0. The minimum atomic E-state index is -0.364. The molecule has 6 heteroatoms. The quantitative estimate of drug-likeness (QED) is 0.915. The van der Waals surface area contributed by atoms with Crippen molar-refractivity contribution in [3.63, 3.8) is 0 Å². The number of nitrogens with one attached hydrogen (secondary N) is 1. The smallest absolute Gasteiger partial charge is 0.414 e. The second-order valence-corrected chi connectivity index (χ2v) is 5.45. The van der Waals surface area contributed by atoms with Gasteiger partial charge in [0.15, 0.2) is 0 Å². The van der Waals surface area contributed by atoms with Gasteiger partial charge < -0.3 is 10.1 Å². The van der Waals surface area contributed by atoms with Crippen molar-refractivity contribution in [1.29, 1.82) is 0 Å². The van der Waals surface area contributed by atoms with Crippen LogP contribution in [-0.4, -0.2) is 25.2 Å². The third kappa shape index (κ3) is 3.71. The lowest BCUT2D eigenvalue weighted by Gasteiger charge is -2.13. The van der Waals surface area contributed by atoms with Crippen LogP contribution in [0.4, 0.5) is 20.6 Å². The third-order valence-electron chi connectivity index (χ3n) is 3.80. The normalized spacial score (nSPS) is 13.7. The molecule has 0 atom stereocenters. The van der Waals surface area contributed by atoms with Crippen LogP contribution < -0.4 is 10.2 Å². The molecule has 24 heavy (non-hydrogen) atoms. The summed E-state index contributed by atoms with van der Waals surface area (Å²) in [6.45, 7) is 0.903. The van der Waals surface area contributed by atoms with Crippen LogP contribution in [0.3, 0.4) is 0 Å². The number of rotatable bonds is 5. The van der Waals surface area contributed by atoms with Crippen LogP contribution in [0.5, 0.6) is 0 Å². The van der Waals surface area contributed by atoms with Gasteiger partial charge in [-0.3, -0.25) is 9.69 Å². The van der Waals surface area contributed by atoms with Gasteiger partial charge in [0.2, 0.25) is 5.91 Å². The maximum atomic E-state index is 13.5. The molecule has 0 radical (unpaired) electrons. The van der Waals surface area contributed by atoms with Gasteiger partial charge in [0.25, 0.3) is 0 Å². The summed E-state index contributed by atoms with van der Waals surface area (Å²) in [5, 5.41) is 2.76. The van der Waals surface area contributed by atoms with E-state index in [1.165, 1.54) is 11.0 Å². The lowest BCUT2D eigenvalue weighted by Crippen LogP contribution is -2.23. The van der Waals surface area contributed by atoms with Crippen molar-refractivity contribution in [1.82, 2.24) is 0 Å². The van der Waals surface area contributed by atoms with Gasteiger partial charge in [-0.05, 0) is 42.3 Å². The SMILES string of the molecule is O=C(CCc1ccccc1F)Nc1ccc(N2CCOC2=O)cc1. The first-order valence-corrected chi connectivity index (χ1v) is 7.71. The third-order valence-corrected chi connectivity index (χ3v) is 3.80. The van der Waals surface area contributed by atoms with E-state index < -0.39 is 0 Å². The highest BCUT2D eigenvalue weighted by atomic mass is 19.1. The highest BCUT2D eigenvalue weighted by Gasteiger charge is 2.23. The summed E-state index contributed by atoms with van der Waals surface area (Å²) in [4.78, 5) is 25.0. The van der Waals surface area contributed by atoms with Crippen molar-refractivity contribution >= 4 is 23.4 Å². The van der Waals surface area contributed by atoms with E-state index >= 15 is 0 Å². The highest BCUT2D eigenvalue weighted by molar-refractivity contribution is 5.92. The van der Waals surface area contributed by atoms with Crippen LogP contribution in [0.25, 0.3) is 0 Å². The van der Waals surface area contributed by atoms with Crippen LogP contribution in [-0.2, 0) is 16.0 Å². The lowest BCUT2D eigenvalue weighted by atomic mass is 10.1. The molecule has 5 nitrogen and oxygen atoms in total. The first kappa shape index (κ1) is 16.0. The molecule has 2 aromatic carbocycles. The molecule has 0 saturated carbocycles. The van der Waals surface area contributed by atoms with Gasteiger partial charge in [0.05, 0.1) is 6.54 Å². The monoisotopic (exact) mass is 328 g/mol. The van der Waals surface area contributed by atoms with E-state index in [1.807, 2.05) is 0 Å². The van der Waals surface area contributed by atoms with Crippen LogP contribution >= 0.6 is 0 Å². The van der Waals surface area contributed by atoms with Gasteiger partial charge in [-0.25, -0.2) is 9.18 Å². The van der Waals surface area contributed by atoms with Crippen molar-refractivity contribution in [3.05, 3.63) is 59.9 Å². The van der Waals surface area contributed by atoms with E-state index in [1.54, 1.807) is 42.5 Å². The van der Waals surface area contributed by atoms with Gasteiger partial charge in [0.1, 0.15) is 12.4 Å². The van der Waals surface area contributed by atoms with Crippen LogP contribution in [0.2, 0.25) is 0 Å². The molecule has 0 aromatic heterocycles. The van der Waals surface area contributed by atoms with E-state index in [2.05, 4.69) is 5.32 Å². The van der Waals surface area contributed by atoms with Crippen molar-refractivity contribution in [2.24, 2.45) is 0 Å². The molecular formula is C18H17FN2O3. The molecule has 1 saturated heterocycles. The fraction of sp³-hybridized carbons (Fsp3) is 0.222. The van der Waals surface area contributed by atoms with Gasteiger partial charge in [-0.2, -0.15) is 0 Å². The Morgan fingerprint density at radius 3 is 2.58 bits per heavy atom. The van der Waals surface area contributed by atoms with Crippen molar-refractivity contribution in [2.75, 3.05) is 23.4 Å². The molecule has 2 amide bonds. The number of halogens is 1. The summed E-state index contributed by atoms with van der Waals surface area (Å²) < 4.78 is 18.4. The molecule has 1 fully saturated rings. The number of amides is 2. The van der Waals surface area contributed by atoms with E-state index in [0.29, 0.717) is 30.8 Å². The average molecular weight is 328 g/mol. The molecule has 0 spiro atoms. The molecular weight excluding hydrogens is 311 g/mol.